The molecule has 0 unspecified atom stereocenters. The smallest absolute Gasteiger partial charge is 0.223 e. The Hall–Kier alpha value is -2.23. The molecular weight excluding hydrogens is 264 g/mol. The van der Waals surface area contributed by atoms with Gasteiger partial charge in [0.25, 0.3) is 0 Å². The van der Waals surface area contributed by atoms with Gasteiger partial charge in [0.05, 0.1) is 7.11 Å². The maximum absolute atomic E-state index is 12.3. The highest BCUT2D eigenvalue weighted by Gasteiger charge is 2.20. The summed E-state index contributed by atoms with van der Waals surface area (Å²) >= 11 is 0. The number of benzene rings is 1. The first-order valence-electron chi connectivity index (χ1n) is 7.32. The fourth-order valence-electron chi connectivity index (χ4n) is 2.76. The minimum Gasteiger partial charge on any atom is -0.497 e. The fraction of sp³-hybridized carbons (Fsp3) is 0.353. The summed E-state index contributed by atoms with van der Waals surface area (Å²) in [5.41, 5.74) is 3.69. The van der Waals surface area contributed by atoms with E-state index in [4.69, 9.17) is 4.74 Å². The van der Waals surface area contributed by atoms with Crippen LogP contribution in [0.5, 0.6) is 5.75 Å². The van der Waals surface area contributed by atoms with Crippen molar-refractivity contribution in [2.45, 2.75) is 25.8 Å². The van der Waals surface area contributed by atoms with Gasteiger partial charge in [0, 0.05) is 37.8 Å². The highest BCUT2D eigenvalue weighted by Crippen LogP contribution is 2.19. The average molecular weight is 284 g/mol. The molecule has 0 bridgehead atoms. The predicted octanol–water partition coefficient (Wildman–Crippen LogP) is 2.54. The standard InChI is InChI=1S/C17H20N2O2/c1-21-15-5-2-13(3-6-15)4-7-17(20)19-11-9-16-14(12-19)8-10-18-16/h2-3,5-6,8,10,18H,4,7,9,11-12H2,1H3. The Labute approximate surface area is 124 Å². The van der Waals surface area contributed by atoms with E-state index in [2.05, 4.69) is 11.1 Å². The molecule has 1 aromatic carbocycles. The second-order valence-corrected chi connectivity index (χ2v) is 5.39. The van der Waals surface area contributed by atoms with Crippen LogP contribution in [0.15, 0.2) is 36.5 Å². The molecule has 0 spiro atoms. The molecule has 3 rings (SSSR count). The molecule has 2 aromatic rings. The van der Waals surface area contributed by atoms with Crippen LogP contribution in [0.3, 0.4) is 0 Å². The zero-order valence-electron chi connectivity index (χ0n) is 12.3. The molecule has 0 atom stereocenters. The lowest BCUT2D eigenvalue weighted by molar-refractivity contribution is -0.132. The molecule has 0 aliphatic carbocycles. The second-order valence-electron chi connectivity index (χ2n) is 5.39. The number of hydrogen-bond acceptors (Lipinski definition) is 2. The predicted molar refractivity (Wildman–Crippen MR) is 81.2 cm³/mol. The molecule has 1 amide bonds. The van der Waals surface area contributed by atoms with E-state index >= 15 is 0 Å². The van der Waals surface area contributed by atoms with Gasteiger partial charge >= 0.3 is 0 Å². The van der Waals surface area contributed by atoms with E-state index in [9.17, 15) is 4.79 Å². The number of amides is 1. The van der Waals surface area contributed by atoms with Gasteiger partial charge < -0.3 is 14.6 Å². The molecule has 21 heavy (non-hydrogen) atoms. The van der Waals surface area contributed by atoms with Crippen LogP contribution in [0.1, 0.15) is 23.2 Å². The summed E-state index contributed by atoms with van der Waals surface area (Å²) in [6, 6.07) is 9.98. The van der Waals surface area contributed by atoms with Crippen LogP contribution in [0, 0.1) is 0 Å². The number of aromatic amines is 1. The van der Waals surface area contributed by atoms with Gasteiger partial charge in [0.2, 0.25) is 5.91 Å². The molecule has 0 saturated heterocycles. The van der Waals surface area contributed by atoms with Crippen molar-refractivity contribution in [3.63, 3.8) is 0 Å². The van der Waals surface area contributed by atoms with Gasteiger partial charge in [-0.15, -0.1) is 0 Å². The van der Waals surface area contributed by atoms with E-state index in [1.165, 1.54) is 16.8 Å². The SMILES string of the molecule is COc1ccc(CCC(=O)N2CCc3[nH]ccc3C2)cc1. The van der Waals surface area contributed by atoms with Gasteiger partial charge in [-0.2, -0.15) is 0 Å². The number of H-pyrrole nitrogens is 1. The number of nitrogens with zero attached hydrogens (tertiary/aromatic N) is 1. The lowest BCUT2D eigenvalue weighted by Crippen LogP contribution is -2.35. The Morgan fingerprint density at radius 3 is 2.86 bits per heavy atom. The van der Waals surface area contributed by atoms with Crippen LogP contribution in [0.2, 0.25) is 0 Å². The van der Waals surface area contributed by atoms with Crippen molar-refractivity contribution in [3.05, 3.63) is 53.3 Å². The molecule has 0 fully saturated rings. The summed E-state index contributed by atoms with van der Waals surface area (Å²) in [4.78, 5) is 17.5. The van der Waals surface area contributed by atoms with Crippen molar-refractivity contribution in [1.82, 2.24) is 9.88 Å². The summed E-state index contributed by atoms with van der Waals surface area (Å²) < 4.78 is 5.14. The topological polar surface area (TPSA) is 45.3 Å². The van der Waals surface area contributed by atoms with E-state index < -0.39 is 0 Å². The highest BCUT2D eigenvalue weighted by molar-refractivity contribution is 5.76. The van der Waals surface area contributed by atoms with E-state index in [0.717, 1.165) is 31.7 Å². The molecule has 0 radical (unpaired) electrons. The van der Waals surface area contributed by atoms with E-state index in [1.807, 2.05) is 35.4 Å². The minimum atomic E-state index is 0.234. The monoisotopic (exact) mass is 284 g/mol. The quantitative estimate of drug-likeness (QED) is 0.937. The van der Waals surface area contributed by atoms with Crippen molar-refractivity contribution < 1.29 is 9.53 Å². The van der Waals surface area contributed by atoms with Gasteiger partial charge in [-0.1, -0.05) is 12.1 Å². The maximum Gasteiger partial charge on any atom is 0.223 e. The Bertz CT molecular complexity index is 616. The summed E-state index contributed by atoms with van der Waals surface area (Å²) in [6.45, 7) is 1.55. The van der Waals surface area contributed by atoms with E-state index in [1.54, 1.807) is 7.11 Å². The van der Waals surface area contributed by atoms with Crippen LogP contribution >= 0.6 is 0 Å². The molecule has 4 heteroatoms. The van der Waals surface area contributed by atoms with Gasteiger partial charge in [-0.25, -0.2) is 0 Å². The van der Waals surface area contributed by atoms with Crippen molar-refractivity contribution >= 4 is 5.91 Å². The zero-order valence-corrected chi connectivity index (χ0v) is 12.3. The van der Waals surface area contributed by atoms with Gasteiger partial charge in [-0.3, -0.25) is 4.79 Å². The number of aromatic nitrogens is 1. The highest BCUT2D eigenvalue weighted by atomic mass is 16.5. The minimum absolute atomic E-state index is 0.234. The number of nitrogens with one attached hydrogen (secondary N) is 1. The lowest BCUT2D eigenvalue weighted by atomic mass is 10.1. The number of aryl methyl sites for hydroxylation is 1. The third-order valence-electron chi connectivity index (χ3n) is 4.06. The first-order valence-corrected chi connectivity index (χ1v) is 7.32. The van der Waals surface area contributed by atoms with E-state index in [0.29, 0.717) is 6.42 Å². The summed E-state index contributed by atoms with van der Waals surface area (Å²) in [5, 5.41) is 0. The average Bonchev–Trinajstić information content (AvgIpc) is 3.00. The van der Waals surface area contributed by atoms with Crippen LogP contribution in [0.25, 0.3) is 0 Å². The molecule has 1 N–H and O–H groups in total. The molecule has 1 aliphatic heterocycles. The maximum atomic E-state index is 12.3. The van der Waals surface area contributed by atoms with Crippen molar-refractivity contribution in [2.75, 3.05) is 13.7 Å². The summed E-state index contributed by atoms with van der Waals surface area (Å²) in [7, 11) is 1.66. The Morgan fingerprint density at radius 2 is 2.10 bits per heavy atom. The van der Waals surface area contributed by atoms with Crippen LogP contribution in [-0.2, 0) is 24.2 Å². The summed E-state index contributed by atoms with van der Waals surface area (Å²) in [6.07, 6.45) is 4.22. The second kappa shape index (κ2) is 6.04. The largest absolute Gasteiger partial charge is 0.497 e. The first kappa shape index (κ1) is 13.7. The van der Waals surface area contributed by atoms with Crippen LogP contribution < -0.4 is 4.74 Å². The normalized spacial score (nSPS) is 13.9. The van der Waals surface area contributed by atoms with Gasteiger partial charge in [0.1, 0.15) is 5.75 Å². The van der Waals surface area contributed by atoms with Crippen molar-refractivity contribution in [3.8, 4) is 5.75 Å². The molecule has 110 valence electrons. The number of hydrogen-bond donors (Lipinski definition) is 1. The Balaban J connectivity index is 1.54. The molecule has 2 heterocycles. The number of fused-ring (bicyclic) bond motifs is 1. The van der Waals surface area contributed by atoms with Crippen molar-refractivity contribution in [1.29, 1.82) is 0 Å². The number of methoxy groups -OCH3 is 1. The number of ether oxygens (including phenoxy) is 1. The molecule has 0 saturated carbocycles. The fourth-order valence-corrected chi connectivity index (χ4v) is 2.76. The molecule has 4 nitrogen and oxygen atoms in total. The van der Waals surface area contributed by atoms with Gasteiger partial charge in [0.15, 0.2) is 0 Å². The lowest BCUT2D eigenvalue weighted by Gasteiger charge is -2.27. The van der Waals surface area contributed by atoms with Gasteiger partial charge in [-0.05, 0) is 35.7 Å². The van der Waals surface area contributed by atoms with Crippen molar-refractivity contribution in [2.24, 2.45) is 0 Å². The number of carbonyl (C=O) groups is 1. The van der Waals surface area contributed by atoms with Crippen LogP contribution in [-0.4, -0.2) is 29.4 Å². The third-order valence-corrected chi connectivity index (χ3v) is 4.06. The molecule has 1 aromatic heterocycles. The van der Waals surface area contributed by atoms with E-state index in [-0.39, 0.29) is 5.91 Å². The van der Waals surface area contributed by atoms with Crippen LogP contribution in [0.4, 0.5) is 0 Å². The Morgan fingerprint density at radius 1 is 1.29 bits per heavy atom. The molecular formula is C17H20N2O2. The number of rotatable bonds is 4. The number of carbonyl (C=O) groups excluding carboxylic acids is 1. The molecule has 1 aliphatic rings. The third kappa shape index (κ3) is 3.10. The first-order chi connectivity index (χ1) is 10.3. The summed E-state index contributed by atoms with van der Waals surface area (Å²) in [5.74, 6) is 1.08. The zero-order chi connectivity index (χ0) is 14.7. The Kier molecular flexibility index (Phi) is 3.95.